The SMILES string of the molecule is CC(=O)NCCNc1cc(N2CCN(C(=O)c3nccc4ccccc34)CC2)nc(-c2ccccc2)n1. The van der Waals surface area contributed by atoms with Gasteiger partial charge in [-0.25, -0.2) is 9.97 Å². The van der Waals surface area contributed by atoms with Crippen molar-refractivity contribution in [2.75, 3.05) is 49.5 Å². The van der Waals surface area contributed by atoms with Gasteiger partial charge in [0.05, 0.1) is 0 Å². The molecule has 5 rings (SSSR count). The molecule has 0 aliphatic carbocycles. The second kappa shape index (κ2) is 11.0. The standard InChI is InChI=1S/C28H29N7O2/c1-20(36)29-13-14-30-24-19-25(33-27(32-24)22-8-3-2-4-9-22)34-15-17-35(18-16-34)28(37)26-23-10-6-5-7-21(23)11-12-31-26/h2-12,19H,13-18H2,1H3,(H,29,36)(H,30,32,33). The van der Waals surface area contributed by atoms with Crippen molar-refractivity contribution >= 4 is 34.2 Å². The zero-order valence-corrected chi connectivity index (χ0v) is 20.7. The number of anilines is 2. The molecule has 2 aromatic carbocycles. The number of nitrogens with one attached hydrogen (secondary N) is 2. The lowest BCUT2D eigenvalue weighted by atomic mass is 10.1. The van der Waals surface area contributed by atoms with Crippen LogP contribution in [0, 0.1) is 0 Å². The first-order valence-corrected chi connectivity index (χ1v) is 12.4. The number of carbonyl (C=O) groups is 2. The van der Waals surface area contributed by atoms with Crippen molar-refractivity contribution in [3.05, 3.63) is 78.6 Å². The van der Waals surface area contributed by atoms with E-state index in [2.05, 4.69) is 20.5 Å². The molecule has 0 atom stereocenters. The van der Waals surface area contributed by atoms with E-state index in [1.54, 1.807) is 6.20 Å². The van der Waals surface area contributed by atoms with Crippen LogP contribution in [0.3, 0.4) is 0 Å². The van der Waals surface area contributed by atoms with E-state index in [0.29, 0.717) is 56.6 Å². The Kier molecular flexibility index (Phi) is 7.21. The molecule has 0 saturated carbocycles. The molecule has 1 saturated heterocycles. The predicted molar refractivity (Wildman–Crippen MR) is 145 cm³/mol. The molecule has 0 bridgehead atoms. The zero-order chi connectivity index (χ0) is 25.6. The van der Waals surface area contributed by atoms with E-state index < -0.39 is 0 Å². The van der Waals surface area contributed by atoms with Crippen molar-refractivity contribution < 1.29 is 9.59 Å². The Labute approximate surface area is 215 Å². The molecule has 1 fully saturated rings. The Morgan fingerprint density at radius 2 is 1.65 bits per heavy atom. The first-order valence-electron chi connectivity index (χ1n) is 12.4. The Hall–Kier alpha value is -4.53. The fourth-order valence-corrected chi connectivity index (χ4v) is 4.41. The summed E-state index contributed by atoms with van der Waals surface area (Å²) in [6.45, 7) is 4.97. The Morgan fingerprint density at radius 1 is 0.892 bits per heavy atom. The van der Waals surface area contributed by atoms with Crippen LogP contribution in [0.15, 0.2) is 72.9 Å². The largest absolute Gasteiger partial charge is 0.368 e. The van der Waals surface area contributed by atoms with Gasteiger partial charge in [-0.3, -0.25) is 14.6 Å². The summed E-state index contributed by atoms with van der Waals surface area (Å²) >= 11 is 0. The molecule has 2 amide bonds. The van der Waals surface area contributed by atoms with Crippen LogP contribution in [0.1, 0.15) is 17.4 Å². The van der Waals surface area contributed by atoms with Crippen LogP contribution in [0.2, 0.25) is 0 Å². The van der Waals surface area contributed by atoms with Gasteiger partial charge in [0.25, 0.3) is 5.91 Å². The smallest absolute Gasteiger partial charge is 0.273 e. The highest BCUT2D eigenvalue weighted by Gasteiger charge is 2.25. The van der Waals surface area contributed by atoms with Gasteiger partial charge in [0.2, 0.25) is 5.91 Å². The van der Waals surface area contributed by atoms with E-state index in [1.807, 2.05) is 71.6 Å². The second-order valence-corrected chi connectivity index (χ2v) is 8.87. The number of nitrogens with zero attached hydrogens (tertiary/aromatic N) is 5. The first-order chi connectivity index (χ1) is 18.1. The molecule has 3 heterocycles. The quantitative estimate of drug-likeness (QED) is 0.380. The number of amides is 2. The summed E-state index contributed by atoms with van der Waals surface area (Å²) in [4.78, 5) is 42.5. The van der Waals surface area contributed by atoms with Crippen molar-refractivity contribution in [2.45, 2.75) is 6.92 Å². The molecule has 1 aliphatic rings. The molecular weight excluding hydrogens is 466 g/mol. The molecule has 9 nitrogen and oxygen atoms in total. The van der Waals surface area contributed by atoms with Gasteiger partial charge in [-0.15, -0.1) is 0 Å². The van der Waals surface area contributed by atoms with Gasteiger partial charge >= 0.3 is 0 Å². The summed E-state index contributed by atoms with van der Waals surface area (Å²) in [6.07, 6.45) is 1.69. The Balaban J connectivity index is 1.32. The molecule has 1 aliphatic heterocycles. The van der Waals surface area contributed by atoms with Crippen molar-refractivity contribution in [3.63, 3.8) is 0 Å². The van der Waals surface area contributed by atoms with Crippen LogP contribution in [-0.4, -0.2) is 70.9 Å². The van der Waals surface area contributed by atoms with E-state index in [1.165, 1.54) is 6.92 Å². The molecule has 0 radical (unpaired) electrons. The minimum Gasteiger partial charge on any atom is -0.368 e. The van der Waals surface area contributed by atoms with Crippen LogP contribution < -0.4 is 15.5 Å². The van der Waals surface area contributed by atoms with Gasteiger partial charge in [-0.2, -0.15) is 0 Å². The number of pyridine rings is 1. The number of carbonyl (C=O) groups excluding carboxylic acids is 2. The first kappa shape index (κ1) is 24.2. The molecule has 37 heavy (non-hydrogen) atoms. The van der Waals surface area contributed by atoms with Crippen molar-refractivity contribution in [2.24, 2.45) is 0 Å². The van der Waals surface area contributed by atoms with Crippen LogP contribution >= 0.6 is 0 Å². The van der Waals surface area contributed by atoms with E-state index in [-0.39, 0.29) is 11.8 Å². The third-order valence-corrected chi connectivity index (χ3v) is 6.32. The average molecular weight is 496 g/mol. The number of piperazine rings is 1. The maximum atomic E-state index is 13.3. The number of hydrogen-bond donors (Lipinski definition) is 2. The van der Waals surface area contributed by atoms with Crippen LogP contribution in [0.25, 0.3) is 22.2 Å². The number of aromatic nitrogens is 3. The van der Waals surface area contributed by atoms with Crippen LogP contribution in [-0.2, 0) is 4.79 Å². The van der Waals surface area contributed by atoms with Gasteiger partial charge in [0, 0.05) is 69.4 Å². The third-order valence-electron chi connectivity index (χ3n) is 6.32. The summed E-state index contributed by atoms with van der Waals surface area (Å²) in [5.41, 5.74) is 1.41. The molecule has 9 heteroatoms. The summed E-state index contributed by atoms with van der Waals surface area (Å²) in [5.74, 6) is 1.99. The predicted octanol–water partition coefficient (Wildman–Crippen LogP) is 3.20. The monoisotopic (exact) mass is 495 g/mol. The zero-order valence-electron chi connectivity index (χ0n) is 20.7. The highest BCUT2D eigenvalue weighted by molar-refractivity contribution is 6.05. The Bertz CT molecular complexity index is 1400. The topological polar surface area (TPSA) is 103 Å². The summed E-state index contributed by atoms with van der Waals surface area (Å²) < 4.78 is 0. The Morgan fingerprint density at radius 3 is 2.43 bits per heavy atom. The van der Waals surface area contributed by atoms with Gasteiger partial charge in [0.1, 0.15) is 17.3 Å². The summed E-state index contributed by atoms with van der Waals surface area (Å²) in [6, 6.07) is 21.5. The van der Waals surface area contributed by atoms with Crippen molar-refractivity contribution in [3.8, 4) is 11.4 Å². The summed E-state index contributed by atoms with van der Waals surface area (Å²) in [7, 11) is 0. The second-order valence-electron chi connectivity index (χ2n) is 8.87. The fraction of sp³-hybridized carbons (Fsp3) is 0.250. The van der Waals surface area contributed by atoms with E-state index >= 15 is 0 Å². The molecule has 4 aromatic rings. The van der Waals surface area contributed by atoms with Crippen LogP contribution in [0.4, 0.5) is 11.6 Å². The minimum absolute atomic E-state index is 0.0514. The molecule has 2 aromatic heterocycles. The molecule has 2 N–H and O–H groups in total. The van der Waals surface area contributed by atoms with Crippen molar-refractivity contribution in [1.29, 1.82) is 0 Å². The highest BCUT2D eigenvalue weighted by atomic mass is 16.2. The third kappa shape index (κ3) is 5.66. The molecule has 188 valence electrons. The lowest BCUT2D eigenvalue weighted by molar-refractivity contribution is -0.118. The van der Waals surface area contributed by atoms with Crippen LogP contribution in [0.5, 0.6) is 0 Å². The van der Waals surface area contributed by atoms with Crippen molar-refractivity contribution in [1.82, 2.24) is 25.2 Å². The van der Waals surface area contributed by atoms with E-state index in [0.717, 1.165) is 22.2 Å². The highest BCUT2D eigenvalue weighted by Crippen LogP contribution is 2.24. The molecular formula is C28H29N7O2. The molecule has 0 unspecified atom stereocenters. The fourth-order valence-electron chi connectivity index (χ4n) is 4.41. The lowest BCUT2D eigenvalue weighted by Gasteiger charge is -2.35. The summed E-state index contributed by atoms with van der Waals surface area (Å²) in [5, 5.41) is 7.95. The molecule has 0 spiro atoms. The van der Waals surface area contributed by atoms with Gasteiger partial charge < -0.3 is 20.4 Å². The van der Waals surface area contributed by atoms with E-state index in [9.17, 15) is 9.59 Å². The van der Waals surface area contributed by atoms with Gasteiger partial charge in [-0.05, 0) is 11.5 Å². The number of hydrogen-bond acceptors (Lipinski definition) is 7. The van der Waals surface area contributed by atoms with E-state index in [4.69, 9.17) is 9.97 Å². The number of benzene rings is 2. The number of rotatable bonds is 7. The van der Waals surface area contributed by atoms with Gasteiger partial charge in [0.15, 0.2) is 5.82 Å². The maximum absolute atomic E-state index is 13.3. The average Bonchev–Trinajstić information content (AvgIpc) is 2.95. The maximum Gasteiger partial charge on any atom is 0.273 e. The van der Waals surface area contributed by atoms with Gasteiger partial charge in [-0.1, -0.05) is 54.6 Å². The normalized spacial score (nSPS) is 13.4. The minimum atomic E-state index is -0.0683. The lowest BCUT2D eigenvalue weighted by Crippen LogP contribution is -2.49. The number of fused-ring (bicyclic) bond motifs is 1.